The van der Waals surface area contributed by atoms with Crippen molar-refractivity contribution < 1.29 is 20.1 Å². The minimum absolute atomic E-state index is 0.169. The SMILES string of the molecule is CCCCC/C=C\C/C=C\CCCCCCCCCC(=O)NC(CO)C(O)C(O)CCC/C=C/CC/C=C/CCCCCCCCCC. The molecule has 0 aliphatic carbocycles. The third-order valence-electron chi connectivity index (χ3n) is 9.13. The summed E-state index contributed by atoms with van der Waals surface area (Å²) in [6.45, 7) is 4.12. The summed E-state index contributed by atoms with van der Waals surface area (Å²) < 4.78 is 0. The van der Waals surface area contributed by atoms with Crippen LogP contribution in [0.3, 0.4) is 0 Å². The normalized spacial score (nSPS) is 14.2. The number of amides is 1. The summed E-state index contributed by atoms with van der Waals surface area (Å²) >= 11 is 0. The van der Waals surface area contributed by atoms with Crippen LogP contribution in [0.15, 0.2) is 48.6 Å². The maximum Gasteiger partial charge on any atom is 0.220 e. The highest BCUT2D eigenvalue weighted by molar-refractivity contribution is 5.76. The van der Waals surface area contributed by atoms with E-state index >= 15 is 0 Å². The minimum Gasteiger partial charge on any atom is -0.394 e. The van der Waals surface area contributed by atoms with Gasteiger partial charge in [0.25, 0.3) is 0 Å². The Morgan fingerprint density at radius 3 is 1.44 bits per heavy atom. The Kier molecular flexibility index (Phi) is 36.8. The molecule has 5 nitrogen and oxygen atoms in total. The Morgan fingerprint density at radius 2 is 0.917 bits per heavy atom. The molecule has 0 bridgehead atoms. The van der Waals surface area contributed by atoms with E-state index in [1.54, 1.807) is 0 Å². The number of rotatable bonds is 36. The number of aliphatic hydroxyl groups excluding tert-OH is 3. The number of nitrogens with one attached hydrogen (secondary N) is 1. The smallest absolute Gasteiger partial charge is 0.220 e. The lowest BCUT2D eigenvalue weighted by molar-refractivity contribution is -0.124. The van der Waals surface area contributed by atoms with E-state index in [2.05, 4.69) is 67.8 Å². The molecule has 0 aromatic heterocycles. The first-order chi connectivity index (χ1) is 23.6. The van der Waals surface area contributed by atoms with E-state index in [0.29, 0.717) is 12.8 Å². The molecule has 0 spiro atoms. The van der Waals surface area contributed by atoms with E-state index in [9.17, 15) is 20.1 Å². The van der Waals surface area contributed by atoms with Gasteiger partial charge in [-0.05, 0) is 83.5 Å². The standard InChI is InChI=1S/C43H79NO4/c1-3-5-7-9-11-13-15-17-19-21-23-25-27-29-31-33-35-37-41(46)43(48)40(39-45)44-42(47)38-36-34-32-30-28-26-24-22-20-18-16-14-12-10-8-6-4-2/h12,14,18,20-21,23,29,31,40-41,43,45-46,48H,3-11,13,15-17,19,22,24-28,30,32-39H2,1-2H3,(H,44,47)/b14-12-,20-18-,23-21+,31-29+. The van der Waals surface area contributed by atoms with E-state index in [0.717, 1.165) is 57.8 Å². The Balaban J connectivity index is 3.76. The predicted molar refractivity (Wildman–Crippen MR) is 208 cm³/mol. The average Bonchev–Trinajstić information content (AvgIpc) is 3.09. The highest BCUT2D eigenvalue weighted by Gasteiger charge is 2.26. The molecule has 0 heterocycles. The van der Waals surface area contributed by atoms with Crippen molar-refractivity contribution in [2.45, 2.75) is 212 Å². The van der Waals surface area contributed by atoms with Crippen LogP contribution in [0.2, 0.25) is 0 Å². The van der Waals surface area contributed by atoms with E-state index < -0.39 is 18.2 Å². The lowest BCUT2D eigenvalue weighted by Crippen LogP contribution is -2.50. The molecule has 0 rings (SSSR count). The van der Waals surface area contributed by atoms with Crippen LogP contribution in [0.25, 0.3) is 0 Å². The monoisotopic (exact) mass is 674 g/mol. The number of aliphatic hydroxyl groups is 3. The molecule has 48 heavy (non-hydrogen) atoms. The molecule has 0 radical (unpaired) electrons. The highest BCUT2D eigenvalue weighted by atomic mass is 16.3. The molecular formula is C43H79NO4. The Morgan fingerprint density at radius 1 is 0.521 bits per heavy atom. The van der Waals surface area contributed by atoms with Gasteiger partial charge in [-0.2, -0.15) is 0 Å². The molecule has 5 heteroatoms. The van der Waals surface area contributed by atoms with Gasteiger partial charge in [0.2, 0.25) is 5.91 Å². The van der Waals surface area contributed by atoms with Gasteiger partial charge in [-0.25, -0.2) is 0 Å². The molecule has 0 aliphatic rings. The number of carbonyl (C=O) groups is 1. The first-order valence-corrected chi connectivity index (χ1v) is 20.4. The van der Waals surface area contributed by atoms with Crippen LogP contribution in [0.4, 0.5) is 0 Å². The van der Waals surface area contributed by atoms with Gasteiger partial charge in [0, 0.05) is 6.42 Å². The molecular weight excluding hydrogens is 594 g/mol. The minimum atomic E-state index is -1.17. The summed E-state index contributed by atoms with van der Waals surface area (Å²) in [5.41, 5.74) is 0. The number of carbonyl (C=O) groups excluding carboxylic acids is 1. The van der Waals surface area contributed by atoms with Crippen molar-refractivity contribution in [2.75, 3.05) is 6.61 Å². The van der Waals surface area contributed by atoms with Gasteiger partial charge in [0.1, 0.15) is 6.10 Å². The van der Waals surface area contributed by atoms with Crippen LogP contribution in [-0.4, -0.2) is 46.1 Å². The van der Waals surface area contributed by atoms with Gasteiger partial charge < -0.3 is 20.6 Å². The highest BCUT2D eigenvalue weighted by Crippen LogP contribution is 2.13. The maximum absolute atomic E-state index is 12.4. The molecule has 0 saturated heterocycles. The van der Waals surface area contributed by atoms with Gasteiger partial charge in [0.05, 0.1) is 18.8 Å². The molecule has 0 fully saturated rings. The average molecular weight is 674 g/mol. The van der Waals surface area contributed by atoms with Gasteiger partial charge in [-0.1, -0.05) is 152 Å². The molecule has 3 atom stereocenters. The second kappa shape index (κ2) is 38.1. The quantitative estimate of drug-likeness (QED) is 0.0393. The fraction of sp³-hybridized carbons (Fsp3) is 0.791. The number of hydrogen-bond donors (Lipinski definition) is 4. The van der Waals surface area contributed by atoms with Crippen molar-refractivity contribution in [3.63, 3.8) is 0 Å². The fourth-order valence-electron chi connectivity index (χ4n) is 5.91. The van der Waals surface area contributed by atoms with Crippen LogP contribution in [-0.2, 0) is 4.79 Å². The summed E-state index contributed by atoms with van der Waals surface area (Å²) in [6, 6.07) is -0.837. The van der Waals surface area contributed by atoms with E-state index in [1.807, 2.05) is 0 Å². The van der Waals surface area contributed by atoms with Gasteiger partial charge in [0.15, 0.2) is 0 Å². The van der Waals surface area contributed by atoms with Crippen molar-refractivity contribution in [3.8, 4) is 0 Å². The third kappa shape index (κ3) is 32.8. The molecule has 0 saturated carbocycles. The van der Waals surface area contributed by atoms with Gasteiger partial charge in [-0.15, -0.1) is 0 Å². The molecule has 3 unspecified atom stereocenters. The Labute approximate surface area is 297 Å². The van der Waals surface area contributed by atoms with Gasteiger partial charge >= 0.3 is 0 Å². The zero-order chi connectivity index (χ0) is 35.2. The van der Waals surface area contributed by atoms with Crippen molar-refractivity contribution in [2.24, 2.45) is 0 Å². The number of allylic oxidation sites excluding steroid dienone is 8. The Bertz CT molecular complexity index is 790. The van der Waals surface area contributed by atoms with Crippen LogP contribution < -0.4 is 5.32 Å². The summed E-state index contributed by atoms with van der Waals surface area (Å²) in [5.74, 6) is -0.169. The molecule has 0 aliphatic heterocycles. The summed E-state index contributed by atoms with van der Waals surface area (Å²) in [5, 5.41) is 33.4. The van der Waals surface area contributed by atoms with Crippen LogP contribution >= 0.6 is 0 Å². The molecule has 4 N–H and O–H groups in total. The largest absolute Gasteiger partial charge is 0.394 e. The Hall–Kier alpha value is -1.69. The van der Waals surface area contributed by atoms with Crippen LogP contribution in [0.1, 0.15) is 194 Å². The topological polar surface area (TPSA) is 89.8 Å². The fourth-order valence-corrected chi connectivity index (χ4v) is 5.91. The van der Waals surface area contributed by atoms with Crippen molar-refractivity contribution in [3.05, 3.63) is 48.6 Å². The lowest BCUT2D eigenvalue weighted by Gasteiger charge is -2.26. The molecule has 0 aromatic rings. The second-order valence-corrected chi connectivity index (χ2v) is 13.8. The second-order valence-electron chi connectivity index (χ2n) is 13.8. The van der Waals surface area contributed by atoms with Crippen LogP contribution in [0.5, 0.6) is 0 Å². The third-order valence-corrected chi connectivity index (χ3v) is 9.13. The van der Waals surface area contributed by atoms with Gasteiger partial charge in [-0.3, -0.25) is 4.79 Å². The van der Waals surface area contributed by atoms with Crippen LogP contribution in [0, 0.1) is 0 Å². The lowest BCUT2D eigenvalue weighted by atomic mass is 10.0. The summed E-state index contributed by atoms with van der Waals surface area (Å²) in [6.07, 6.45) is 47.7. The van der Waals surface area contributed by atoms with E-state index in [4.69, 9.17) is 0 Å². The summed E-state index contributed by atoms with van der Waals surface area (Å²) in [4.78, 5) is 12.4. The predicted octanol–water partition coefficient (Wildman–Crippen LogP) is 11.4. The maximum atomic E-state index is 12.4. The van der Waals surface area contributed by atoms with Crippen molar-refractivity contribution >= 4 is 5.91 Å². The summed E-state index contributed by atoms with van der Waals surface area (Å²) in [7, 11) is 0. The first-order valence-electron chi connectivity index (χ1n) is 20.4. The molecule has 0 aromatic carbocycles. The van der Waals surface area contributed by atoms with E-state index in [1.165, 1.54) is 109 Å². The zero-order valence-corrected chi connectivity index (χ0v) is 31.6. The van der Waals surface area contributed by atoms with Crippen molar-refractivity contribution in [1.29, 1.82) is 0 Å². The molecule has 1 amide bonds. The zero-order valence-electron chi connectivity index (χ0n) is 31.6. The van der Waals surface area contributed by atoms with Crippen molar-refractivity contribution in [1.82, 2.24) is 5.32 Å². The first kappa shape index (κ1) is 46.3. The number of hydrogen-bond acceptors (Lipinski definition) is 4. The van der Waals surface area contributed by atoms with E-state index in [-0.39, 0.29) is 12.5 Å². The molecule has 280 valence electrons. The number of unbranched alkanes of at least 4 members (excludes halogenated alkanes) is 20.